The second-order valence-corrected chi connectivity index (χ2v) is 22.4. The molecular formula is C57H81N15O14. The molecular weight excluding hydrogens is 1120 g/mol. The second-order valence-electron chi connectivity index (χ2n) is 22.4. The molecule has 11 amide bonds. The van der Waals surface area contributed by atoms with Crippen LogP contribution in [0.3, 0.4) is 0 Å². The number of aromatic nitrogens is 1. The molecule has 86 heavy (non-hydrogen) atoms. The molecule has 2 aromatic carbocycles. The van der Waals surface area contributed by atoms with Crippen molar-refractivity contribution in [3.8, 4) is 5.75 Å². The van der Waals surface area contributed by atoms with Gasteiger partial charge in [0.05, 0.1) is 25.2 Å². The smallest absolute Gasteiger partial charge is 0.246 e. The zero-order valence-corrected chi connectivity index (χ0v) is 48.4. The first-order chi connectivity index (χ1) is 40.9. The van der Waals surface area contributed by atoms with E-state index in [1.807, 2.05) is 24.3 Å². The van der Waals surface area contributed by atoms with Gasteiger partial charge in [-0.25, -0.2) is 0 Å². The van der Waals surface area contributed by atoms with Crippen molar-refractivity contribution in [2.45, 2.75) is 158 Å². The van der Waals surface area contributed by atoms with Gasteiger partial charge in [-0.15, -0.1) is 0 Å². The van der Waals surface area contributed by atoms with Gasteiger partial charge in [0.1, 0.15) is 54.1 Å². The van der Waals surface area contributed by atoms with Gasteiger partial charge >= 0.3 is 0 Å². The first-order valence-corrected chi connectivity index (χ1v) is 28.8. The zero-order chi connectivity index (χ0) is 62.8. The van der Waals surface area contributed by atoms with E-state index in [1.54, 1.807) is 6.20 Å². The number of β-amino-alcohol motifs (C(OH)–C–C–N with tert-alkyl or cyclic N) is 1. The molecule has 29 nitrogen and oxygen atoms in total. The van der Waals surface area contributed by atoms with E-state index in [1.165, 1.54) is 38.2 Å². The van der Waals surface area contributed by atoms with Gasteiger partial charge in [0.2, 0.25) is 65.0 Å². The number of aromatic hydroxyl groups is 1. The lowest BCUT2D eigenvalue weighted by Crippen LogP contribution is -2.61. The molecule has 3 fully saturated rings. The van der Waals surface area contributed by atoms with Crippen molar-refractivity contribution >= 4 is 81.8 Å². The van der Waals surface area contributed by atoms with Gasteiger partial charge in [-0.2, -0.15) is 0 Å². The number of para-hydroxylation sites is 1. The fraction of sp³-hybridized carbons (Fsp3) is 0.544. The van der Waals surface area contributed by atoms with E-state index in [-0.39, 0.29) is 75.2 Å². The molecule has 0 radical (unpaired) electrons. The summed E-state index contributed by atoms with van der Waals surface area (Å²) in [6, 6.07) is 2.05. The monoisotopic (exact) mass is 1200 g/mol. The van der Waals surface area contributed by atoms with Crippen molar-refractivity contribution < 1.29 is 68.1 Å². The number of carbonyl (C=O) groups is 11. The Balaban J connectivity index is 1.09. The maximum Gasteiger partial charge on any atom is 0.246 e. The number of fused-ring (bicyclic) bond motifs is 1. The van der Waals surface area contributed by atoms with Crippen LogP contribution in [0.15, 0.2) is 59.7 Å². The number of aliphatic imine (C=N–C) groups is 1. The average molecular weight is 1200 g/mol. The number of nitrogens with zero attached hydrogens (tertiary/aromatic N) is 2. The largest absolute Gasteiger partial charge is 0.508 e. The Labute approximate surface area is 496 Å². The number of nitrogens with two attached hydrogens (primary N) is 3. The summed E-state index contributed by atoms with van der Waals surface area (Å²) in [6.45, 7) is 1.59. The number of nitrogens with one attached hydrogen (secondary N) is 10. The molecule has 1 saturated heterocycles. The van der Waals surface area contributed by atoms with E-state index in [0.717, 1.165) is 47.6 Å². The Bertz CT molecular complexity index is 2960. The highest BCUT2D eigenvalue weighted by Crippen LogP contribution is 2.34. The van der Waals surface area contributed by atoms with Crippen LogP contribution < -0.4 is 65.1 Å². The van der Waals surface area contributed by atoms with Crippen molar-refractivity contribution in [3.05, 3.63) is 65.9 Å². The number of aliphatic hydroxyl groups is 2. The van der Waals surface area contributed by atoms with E-state index in [4.69, 9.17) is 17.2 Å². The van der Waals surface area contributed by atoms with Crippen molar-refractivity contribution in [3.63, 3.8) is 0 Å². The number of primary amides is 2. The summed E-state index contributed by atoms with van der Waals surface area (Å²) in [5.74, 6) is -9.36. The van der Waals surface area contributed by atoms with E-state index in [2.05, 4.69) is 57.8 Å². The third-order valence-electron chi connectivity index (χ3n) is 15.4. The highest BCUT2D eigenvalue weighted by atomic mass is 16.3. The molecule has 1 aromatic heterocycles. The Kier molecular flexibility index (Phi) is 24.1. The molecule has 6 rings (SSSR count). The number of aliphatic hydroxyl groups excluding tert-OH is 2. The Morgan fingerprint density at radius 3 is 1.95 bits per heavy atom. The fourth-order valence-electron chi connectivity index (χ4n) is 10.3. The molecule has 29 heteroatoms. The predicted octanol–water partition coefficient (Wildman–Crippen LogP) is -3.80. The first-order valence-electron chi connectivity index (χ1n) is 28.8. The molecule has 3 aliphatic rings. The van der Waals surface area contributed by atoms with E-state index < -0.39 is 138 Å². The molecule has 2 heterocycles. The summed E-state index contributed by atoms with van der Waals surface area (Å²) in [7, 11) is 1.49. The number of likely N-dealkylation sites (tertiary alicyclic amines) is 1. The standard InChI is InChI=1S/C57H81N15O14/c1-29(73)48(71-53(83)43(25-46(58)77)69-54(84)45-24-36(76)28-72(45)56(86)44(65-30(2)74)22-33-15-17-35(75)18-16-33)55(85)70-41(20-31-8-6-9-31)50(80)64-27-47(78)66-42(21-32-13-14-32)52(82)67-39(12-7-19-62-57(60)61-3)51(81)68-40(49(59)79)23-34-26-63-38-11-5-4-10-37(34)38/h4-5,10-11,15-18,26,29,31-32,36,39-45,48,63,73,75-76H,6-9,12-14,19-25,27-28H2,1-3H3,(H2,58,77)(H2,59,79)(H,64,80)(H,65,74)(H,66,78)(H,67,82)(H,68,81)(H,69,84)(H,70,85)(H,71,83)(H3,60,61,62)/t29-,36-,39+,40+,41+,42+,43+,44-,45+,48+/m1/s1. The number of phenols is 1. The van der Waals surface area contributed by atoms with Crippen LogP contribution in [0.1, 0.15) is 95.6 Å². The van der Waals surface area contributed by atoms with Crippen LogP contribution in [-0.2, 0) is 65.6 Å². The van der Waals surface area contributed by atoms with Gasteiger partial charge in [0.15, 0.2) is 5.96 Å². The third kappa shape index (κ3) is 19.9. The van der Waals surface area contributed by atoms with Gasteiger partial charge in [-0.3, -0.25) is 57.7 Å². The molecule has 2 saturated carbocycles. The van der Waals surface area contributed by atoms with Gasteiger partial charge in [-0.1, -0.05) is 62.4 Å². The lowest BCUT2D eigenvalue weighted by Gasteiger charge is -2.31. The minimum atomic E-state index is -1.81. The summed E-state index contributed by atoms with van der Waals surface area (Å²) < 4.78 is 0. The Morgan fingerprint density at radius 2 is 1.34 bits per heavy atom. The van der Waals surface area contributed by atoms with Crippen molar-refractivity contribution in [2.24, 2.45) is 34.0 Å². The van der Waals surface area contributed by atoms with Crippen molar-refractivity contribution in [2.75, 3.05) is 26.7 Å². The molecule has 0 bridgehead atoms. The van der Waals surface area contributed by atoms with Crippen LogP contribution in [-0.4, -0.2) is 183 Å². The number of H-pyrrole nitrogens is 1. The van der Waals surface area contributed by atoms with Crippen LogP contribution in [0.4, 0.5) is 0 Å². The number of hydrogen-bond donors (Lipinski definition) is 16. The Morgan fingerprint density at radius 1 is 0.709 bits per heavy atom. The summed E-state index contributed by atoms with van der Waals surface area (Å²) in [4.78, 5) is 157. The van der Waals surface area contributed by atoms with E-state index in [0.29, 0.717) is 24.8 Å². The minimum absolute atomic E-state index is 0.0343. The molecule has 0 unspecified atom stereocenters. The van der Waals surface area contributed by atoms with Gasteiger partial charge in [0.25, 0.3) is 0 Å². The third-order valence-corrected chi connectivity index (χ3v) is 15.4. The number of amides is 11. The minimum Gasteiger partial charge on any atom is -0.508 e. The summed E-state index contributed by atoms with van der Waals surface area (Å²) >= 11 is 0. The number of benzene rings is 2. The molecule has 1 aliphatic heterocycles. The summed E-state index contributed by atoms with van der Waals surface area (Å²) in [5.41, 5.74) is 19.1. The number of carbonyl (C=O) groups excluding carboxylic acids is 11. The summed E-state index contributed by atoms with van der Waals surface area (Å²) in [5, 5.41) is 55.4. The van der Waals surface area contributed by atoms with Crippen molar-refractivity contribution in [1.29, 1.82) is 0 Å². The van der Waals surface area contributed by atoms with Crippen LogP contribution in [0, 0.1) is 11.8 Å². The zero-order valence-electron chi connectivity index (χ0n) is 48.4. The topological polar surface area (TPSA) is 466 Å². The molecule has 3 aromatic rings. The molecule has 468 valence electrons. The molecule has 10 atom stereocenters. The van der Waals surface area contributed by atoms with Gasteiger partial charge < -0.3 is 90.3 Å². The van der Waals surface area contributed by atoms with Crippen LogP contribution >= 0.6 is 0 Å². The van der Waals surface area contributed by atoms with Crippen LogP contribution in [0.2, 0.25) is 0 Å². The SMILES string of the molecule is CN=C(N)NCCC[C@H](NC(=O)[C@H](CC1CC1)NC(=O)CNC(=O)[C@H](CC1CCC1)NC(=O)[C@@H](NC(=O)[C@H](CC(N)=O)NC(=O)[C@@H]1C[C@@H](O)CN1C(=O)[C@@H](Cc1ccc(O)cc1)NC(C)=O)[C@@H](C)O)C(=O)N[C@@H](Cc1c[nH]c2ccccc12)C(N)=O. The highest BCUT2D eigenvalue weighted by molar-refractivity contribution is 5.99. The lowest BCUT2D eigenvalue weighted by atomic mass is 9.80. The number of guanidine groups is 1. The lowest BCUT2D eigenvalue weighted by molar-refractivity contribution is -0.142. The fourth-order valence-corrected chi connectivity index (χ4v) is 10.3. The molecule has 2 aliphatic carbocycles. The quantitative estimate of drug-likeness (QED) is 0.0162. The number of rotatable bonds is 32. The maximum absolute atomic E-state index is 14.1. The number of hydrogen-bond acceptors (Lipinski definition) is 15. The maximum atomic E-state index is 14.1. The number of phenolic OH excluding ortho intramolecular Hbond substituents is 1. The predicted molar refractivity (Wildman–Crippen MR) is 311 cm³/mol. The van der Waals surface area contributed by atoms with Crippen LogP contribution in [0.5, 0.6) is 5.75 Å². The molecule has 0 spiro atoms. The normalized spacial score (nSPS) is 18.7. The Hall–Kier alpha value is -8.86. The van der Waals surface area contributed by atoms with E-state index in [9.17, 15) is 68.1 Å². The van der Waals surface area contributed by atoms with Crippen LogP contribution in [0.25, 0.3) is 10.9 Å². The highest BCUT2D eigenvalue weighted by Gasteiger charge is 2.43. The van der Waals surface area contributed by atoms with Gasteiger partial charge in [0, 0.05) is 63.4 Å². The first kappa shape index (κ1) is 66.3. The second kappa shape index (κ2) is 31.3. The van der Waals surface area contributed by atoms with Crippen molar-refractivity contribution in [1.82, 2.24) is 57.7 Å². The molecule has 19 N–H and O–H groups in total. The number of aromatic amines is 1. The van der Waals surface area contributed by atoms with E-state index >= 15 is 0 Å². The van der Waals surface area contributed by atoms with Gasteiger partial charge in [-0.05, 0) is 73.8 Å². The summed E-state index contributed by atoms with van der Waals surface area (Å²) in [6.07, 6.45) is 2.13. The average Bonchev–Trinajstić information content (AvgIpc) is 2.75.